The third kappa shape index (κ3) is 4.22. The Bertz CT molecular complexity index is 973. The number of carbonyl (C=O) groups excluding carboxylic acids is 3. The van der Waals surface area contributed by atoms with Crippen molar-refractivity contribution >= 4 is 23.7 Å². The average molecular weight is 376 g/mol. The predicted molar refractivity (Wildman–Crippen MR) is 94.5 cm³/mol. The van der Waals surface area contributed by atoms with Gasteiger partial charge >= 0.3 is 11.7 Å². The fourth-order valence-corrected chi connectivity index (χ4v) is 2.59. The Morgan fingerprint density at radius 1 is 1.26 bits per heavy atom. The second-order valence-corrected chi connectivity index (χ2v) is 5.78. The first-order valence-electron chi connectivity index (χ1n) is 8.10. The lowest BCUT2D eigenvalue weighted by atomic mass is 10.1. The molecule has 27 heavy (non-hydrogen) atoms. The topological polar surface area (TPSA) is 147 Å². The monoisotopic (exact) mass is 376 g/mol. The number of hydrogen-bond donors (Lipinski definition) is 2. The SMILES string of the molecule is CCOC(=O)c1c(C)oc(NC(=O)Cn2c(C)cc(C)nc2=O)c1C(N)=O. The molecule has 0 saturated heterocycles. The molecular weight excluding hydrogens is 356 g/mol. The first kappa shape index (κ1) is 19.9. The molecule has 2 aromatic heterocycles. The number of primary amides is 1. The van der Waals surface area contributed by atoms with Crippen LogP contribution in [0.1, 0.15) is 44.8 Å². The van der Waals surface area contributed by atoms with Gasteiger partial charge in [0.1, 0.15) is 23.4 Å². The van der Waals surface area contributed by atoms with Crippen molar-refractivity contribution in [2.24, 2.45) is 5.73 Å². The molecule has 0 fully saturated rings. The number of nitrogens with zero attached hydrogens (tertiary/aromatic N) is 2. The van der Waals surface area contributed by atoms with E-state index in [-0.39, 0.29) is 35.9 Å². The third-order valence-electron chi connectivity index (χ3n) is 3.71. The summed E-state index contributed by atoms with van der Waals surface area (Å²) in [6.45, 7) is 6.10. The van der Waals surface area contributed by atoms with Gasteiger partial charge in [-0.15, -0.1) is 0 Å². The van der Waals surface area contributed by atoms with Crippen molar-refractivity contribution in [1.82, 2.24) is 9.55 Å². The number of furan rings is 1. The number of nitrogens with two attached hydrogens (primary N) is 1. The molecule has 0 aliphatic carbocycles. The Morgan fingerprint density at radius 2 is 1.93 bits per heavy atom. The molecule has 10 nitrogen and oxygen atoms in total. The summed E-state index contributed by atoms with van der Waals surface area (Å²) in [6.07, 6.45) is 0. The number of rotatable bonds is 6. The number of esters is 1. The summed E-state index contributed by atoms with van der Waals surface area (Å²) in [6, 6.07) is 1.65. The van der Waals surface area contributed by atoms with Gasteiger partial charge in [-0.1, -0.05) is 0 Å². The second kappa shape index (κ2) is 7.85. The average Bonchev–Trinajstić information content (AvgIpc) is 2.87. The van der Waals surface area contributed by atoms with Crippen molar-refractivity contribution in [3.05, 3.63) is 44.8 Å². The van der Waals surface area contributed by atoms with Crippen LogP contribution >= 0.6 is 0 Å². The Balaban J connectivity index is 2.34. The first-order valence-corrected chi connectivity index (χ1v) is 8.10. The van der Waals surface area contributed by atoms with Crippen molar-refractivity contribution < 1.29 is 23.5 Å². The highest BCUT2D eigenvalue weighted by molar-refractivity contribution is 6.10. The summed E-state index contributed by atoms with van der Waals surface area (Å²) in [5, 5.41) is 2.37. The largest absolute Gasteiger partial charge is 0.462 e. The van der Waals surface area contributed by atoms with E-state index in [1.807, 2.05) is 0 Å². The summed E-state index contributed by atoms with van der Waals surface area (Å²) in [7, 11) is 0. The molecule has 0 atom stereocenters. The van der Waals surface area contributed by atoms with E-state index in [0.717, 1.165) is 4.57 Å². The lowest BCUT2D eigenvalue weighted by Crippen LogP contribution is -2.31. The zero-order valence-corrected chi connectivity index (χ0v) is 15.4. The number of aryl methyl sites for hydroxylation is 3. The standard InChI is InChI=1S/C17H20N4O6/c1-5-26-16(24)12-10(4)27-15(13(12)14(18)23)20-11(22)7-21-9(3)6-8(2)19-17(21)25/h6H,5,7H2,1-4H3,(H2,18,23)(H,20,22). The van der Waals surface area contributed by atoms with Crippen molar-refractivity contribution in [2.45, 2.75) is 34.2 Å². The Morgan fingerprint density at radius 3 is 2.48 bits per heavy atom. The number of aromatic nitrogens is 2. The normalized spacial score (nSPS) is 10.5. The van der Waals surface area contributed by atoms with E-state index in [1.54, 1.807) is 26.8 Å². The van der Waals surface area contributed by atoms with E-state index in [9.17, 15) is 19.2 Å². The first-order chi connectivity index (χ1) is 12.6. The molecule has 0 aliphatic rings. The van der Waals surface area contributed by atoms with Gasteiger partial charge in [0.25, 0.3) is 5.91 Å². The van der Waals surface area contributed by atoms with Gasteiger partial charge in [-0.25, -0.2) is 9.59 Å². The molecule has 0 bridgehead atoms. The minimum Gasteiger partial charge on any atom is -0.462 e. The maximum atomic E-state index is 12.3. The van der Waals surface area contributed by atoms with Crippen LogP contribution in [0.15, 0.2) is 15.3 Å². The summed E-state index contributed by atoms with van der Waals surface area (Å²) in [4.78, 5) is 51.9. The number of amides is 2. The highest BCUT2D eigenvalue weighted by atomic mass is 16.5. The minimum absolute atomic E-state index is 0.0721. The van der Waals surface area contributed by atoms with E-state index in [1.165, 1.54) is 6.92 Å². The number of hydrogen-bond acceptors (Lipinski definition) is 7. The minimum atomic E-state index is -0.962. The van der Waals surface area contributed by atoms with Crippen molar-refractivity contribution in [1.29, 1.82) is 0 Å². The van der Waals surface area contributed by atoms with Gasteiger partial charge in [0.05, 0.1) is 6.61 Å². The molecule has 0 radical (unpaired) electrons. The molecule has 144 valence electrons. The molecular formula is C17H20N4O6. The van der Waals surface area contributed by atoms with Crippen LogP contribution in [0.3, 0.4) is 0 Å². The molecule has 2 heterocycles. The lowest BCUT2D eigenvalue weighted by Gasteiger charge is -2.09. The maximum absolute atomic E-state index is 12.3. The van der Waals surface area contributed by atoms with E-state index in [0.29, 0.717) is 11.4 Å². The van der Waals surface area contributed by atoms with Gasteiger partial charge in [-0.2, -0.15) is 4.98 Å². The van der Waals surface area contributed by atoms with Gasteiger partial charge in [-0.3, -0.25) is 19.5 Å². The number of anilines is 1. The van der Waals surface area contributed by atoms with Gasteiger partial charge < -0.3 is 14.9 Å². The predicted octanol–water partition coefficient (Wildman–Crippen LogP) is 0.676. The summed E-state index contributed by atoms with van der Waals surface area (Å²) >= 11 is 0. The van der Waals surface area contributed by atoms with Crippen molar-refractivity contribution in [3.8, 4) is 0 Å². The highest BCUT2D eigenvalue weighted by Gasteiger charge is 2.29. The number of nitrogens with one attached hydrogen (secondary N) is 1. The molecule has 2 aromatic rings. The molecule has 0 spiro atoms. The Kier molecular flexibility index (Phi) is 5.78. The molecule has 2 amide bonds. The van der Waals surface area contributed by atoms with Crippen LogP contribution in [0.4, 0.5) is 5.88 Å². The summed E-state index contributed by atoms with van der Waals surface area (Å²) in [5.41, 5.74) is 5.39. The van der Waals surface area contributed by atoms with Crippen molar-refractivity contribution in [2.75, 3.05) is 11.9 Å². The van der Waals surface area contributed by atoms with E-state index < -0.39 is 23.5 Å². The Labute approximate surface area is 154 Å². The van der Waals surface area contributed by atoms with E-state index in [2.05, 4.69) is 10.3 Å². The zero-order valence-electron chi connectivity index (χ0n) is 15.4. The van der Waals surface area contributed by atoms with Gasteiger partial charge in [0, 0.05) is 11.4 Å². The molecule has 0 aliphatic heterocycles. The fraction of sp³-hybridized carbons (Fsp3) is 0.353. The van der Waals surface area contributed by atoms with Crippen LogP contribution < -0.4 is 16.7 Å². The van der Waals surface area contributed by atoms with Gasteiger partial charge in [0.2, 0.25) is 11.8 Å². The summed E-state index contributed by atoms with van der Waals surface area (Å²) in [5.74, 6) is -2.61. The zero-order chi connectivity index (χ0) is 20.3. The Hall–Kier alpha value is -3.43. The summed E-state index contributed by atoms with van der Waals surface area (Å²) < 4.78 is 11.4. The van der Waals surface area contributed by atoms with Crippen LogP contribution in [-0.2, 0) is 16.1 Å². The van der Waals surface area contributed by atoms with Gasteiger partial charge in [-0.05, 0) is 33.8 Å². The maximum Gasteiger partial charge on any atom is 0.348 e. The molecule has 2 rings (SSSR count). The number of carbonyl (C=O) groups is 3. The fourth-order valence-electron chi connectivity index (χ4n) is 2.59. The quantitative estimate of drug-likeness (QED) is 0.704. The van der Waals surface area contributed by atoms with Crippen LogP contribution in [0.25, 0.3) is 0 Å². The van der Waals surface area contributed by atoms with Crippen LogP contribution in [0.2, 0.25) is 0 Å². The van der Waals surface area contributed by atoms with E-state index in [4.69, 9.17) is 14.9 Å². The highest BCUT2D eigenvalue weighted by Crippen LogP contribution is 2.27. The molecule has 0 aromatic carbocycles. The van der Waals surface area contributed by atoms with Crippen LogP contribution in [-0.4, -0.2) is 33.9 Å². The number of ether oxygens (including phenoxy) is 1. The molecule has 3 N–H and O–H groups in total. The lowest BCUT2D eigenvalue weighted by molar-refractivity contribution is -0.116. The molecule has 0 saturated carbocycles. The van der Waals surface area contributed by atoms with Gasteiger partial charge in [0.15, 0.2) is 0 Å². The smallest absolute Gasteiger partial charge is 0.348 e. The van der Waals surface area contributed by atoms with Crippen LogP contribution in [0, 0.1) is 20.8 Å². The third-order valence-corrected chi connectivity index (χ3v) is 3.71. The molecule has 0 unspecified atom stereocenters. The second-order valence-electron chi connectivity index (χ2n) is 5.78. The molecule has 10 heteroatoms. The van der Waals surface area contributed by atoms with Crippen LogP contribution in [0.5, 0.6) is 0 Å². The van der Waals surface area contributed by atoms with Crippen molar-refractivity contribution in [3.63, 3.8) is 0 Å². The van der Waals surface area contributed by atoms with E-state index >= 15 is 0 Å².